The zero-order valence-electron chi connectivity index (χ0n) is 10.3. The molecule has 0 radical (unpaired) electrons. The highest BCUT2D eigenvalue weighted by Gasteiger charge is 2.12. The molecule has 0 atom stereocenters. The topological polar surface area (TPSA) is 59.1 Å². The fraction of sp³-hybridized carbons (Fsp3) is 0.250. The van der Waals surface area contributed by atoms with Gasteiger partial charge in [-0.15, -0.1) is 22.9 Å². The summed E-state index contributed by atoms with van der Waals surface area (Å²) in [6, 6.07) is 7.90. The summed E-state index contributed by atoms with van der Waals surface area (Å²) in [6.07, 6.45) is 0. The molecule has 0 amide bonds. The molecule has 0 bridgehead atoms. The Morgan fingerprint density at radius 3 is 2.63 bits per heavy atom. The molecule has 0 aliphatic rings. The first-order valence-electron chi connectivity index (χ1n) is 5.59. The number of hydrogen-bond acceptors (Lipinski definition) is 4. The predicted octanol–water partition coefficient (Wildman–Crippen LogP) is 3.10. The van der Waals surface area contributed by atoms with Gasteiger partial charge in [-0.25, -0.2) is 13.4 Å². The summed E-state index contributed by atoms with van der Waals surface area (Å²) in [5, 5.41) is 2.18. The SMILES string of the molecule is Cc1ccc(-c2csc(NS(=O)(=O)CCCl)n2)cc1. The highest BCUT2D eigenvalue weighted by molar-refractivity contribution is 7.92. The van der Waals surface area contributed by atoms with Crippen LogP contribution in [0.25, 0.3) is 11.3 Å². The highest BCUT2D eigenvalue weighted by atomic mass is 35.5. The highest BCUT2D eigenvalue weighted by Crippen LogP contribution is 2.25. The smallest absolute Gasteiger partial charge is 0.235 e. The average Bonchev–Trinajstić information content (AvgIpc) is 2.77. The Bertz CT molecular complexity index is 651. The fourth-order valence-electron chi connectivity index (χ4n) is 1.46. The molecule has 1 heterocycles. The molecule has 102 valence electrons. The molecule has 0 spiro atoms. The molecule has 19 heavy (non-hydrogen) atoms. The minimum atomic E-state index is -3.39. The van der Waals surface area contributed by atoms with Crippen molar-refractivity contribution in [3.05, 3.63) is 35.2 Å². The number of sulfonamides is 1. The molecule has 0 aliphatic carbocycles. The van der Waals surface area contributed by atoms with Gasteiger partial charge in [0.25, 0.3) is 0 Å². The van der Waals surface area contributed by atoms with Crippen LogP contribution in [0.5, 0.6) is 0 Å². The number of aromatic nitrogens is 1. The van der Waals surface area contributed by atoms with Gasteiger partial charge >= 0.3 is 0 Å². The van der Waals surface area contributed by atoms with Gasteiger partial charge in [0.15, 0.2) is 5.13 Å². The number of rotatable bonds is 5. The van der Waals surface area contributed by atoms with E-state index in [0.29, 0.717) is 5.13 Å². The second-order valence-electron chi connectivity index (χ2n) is 4.01. The van der Waals surface area contributed by atoms with Crippen LogP contribution in [-0.2, 0) is 10.0 Å². The van der Waals surface area contributed by atoms with Crippen molar-refractivity contribution in [3.63, 3.8) is 0 Å². The molecule has 0 aliphatic heterocycles. The van der Waals surface area contributed by atoms with E-state index < -0.39 is 10.0 Å². The molecule has 4 nitrogen and oxygen atoms in total. The van der Waals surface area contributed by atoms with Gasteiger partial charge in [-0.1, -0.05) is 29.8 Å². The Balaban J connectivity index is 2.18. The Labute approximate surface area is 121 Å². The molecule has 7 heteroatoms. The lowest BCUT2D eigenvalue weighted by molar-refractivity contribution is 0.602. The average molecular weight is 317 g/mol. The first-order chi connectivity index (χ1) is 9.00. The third-order valence-corrected chi connectivity index (χ3v) is 4.99. The molecule has 1 aromatic heterocycles. The van der Waals surface area contributed by atoms with Gasteiger partial charge in [0.2, 0.25) is 10.0 Å². The zero-order valence-corrected chi connectivity index (χ0v) is 12.6. The molecule has 0 saturated heterocycles. The maximum atomic E-state index is 11.6. The van der Waals surface area contributed by atoms with Crippen LogP contribution in [0.1, 0.15) is 5.56 Å². The Morgan fingerprint density at radius 2 is 2.00 bits per heavy atom. The fourth-order valence-corrected chi connectivity index (χ4v) is 3.83. The van der Waals surface area contributed by atoms with Crippen molar-refractivity contribution < 1.29 is 8.42 Å². The first kappa shape index (κ1) is 14.3. The van der Waals surface area contributed by atoms with Gasteiger partial charge < -0.3 is 0 Å². The monoisotopic (exact) mass is 316 g/mol. The van der Waals surface area contributed by atoms with Crippen LogP contribution >= 0.6 is 22.9 Å². The minimum Gasteiger partial charge on any atom is -0.259 e. The molecular formula is C12H13ClN2O2S2. The Kier molecular flexibility index (Phi) is 4.44. The predicted molar refractivity (Wildman–Crippen MR) is 80.4 cm³/mol. The molecule has 0 saturated carbocycles. The van der Waals surface area contributed by atoms with Gasteiger partial charge in [-0.3, -0.25) is 4.72 Å². The lowest BCUT2D eigenvalue weighted by atomic mass is 10.1. The van der Waals surface area contributed by atoms with Crippen LogP contribution in [0.3, 0.4) is 0 Å². The van der Waals surface area contributed by atoms with E-state index >= 15 is 0 Å². The van der Waals surface area contributed by atoms with Crippen LogP contribution in [-0.4, -0.2) is 25.0 Å². The van der Waals surface area contributed by atoms with Gasteiger partial charge in [0.05, 0.1) is 11.4 Å². The number of benzene rings is 1. The summed E-state index contributed by atoms with van der Waals surface area (Å²) in [6.45, 7) is 2.01. The summed E-state index contributed by atoms with van der Waals surface area (Å²) >= 11 is 6.69. The van der Waals surface area contributed by atoms with Gasteiger partial charge in [-0.2, -0.15) is 0 Å². The second-order valence-corrected chi connectivity index (χ2v) is 7.09. The number of aryl methyl sites for hydroxylation is 1. The summed E-state index contributed by atoms with van der Waals surface area (Å²) < 4.78 is 25.5. The first-order valence-corrected chi connectivity index (χ1v) is 8.66. The normalized spacial score (nSPS) is 11.5. The van der Waals surface area contributed by atoms with E-state index in [1.807, 2.05) is 36.6 Å². The van der Waals surface area contributed by atoms with E-state index in [1.165, 1.54) is 16.9 Å². The zero-order chi connectivity index (χ0) is 13.9. The van der Waals surface area contributed by atoms with Gasteiger partial charge in [0.1, 0.15) is 0 Å². The van der Waals surface area contributed by atoms with Crippen LogP contribution in [0, 0.1) is 6.92 Å². The summed E-state index contributed by atoms with van der Waals surface area (Å²) in [4.78, 5) is 4.26. The molecule has 0 unspecified atom stereocenters. The van der Waals surface area contributed by atoms with Crippen molar-refractivity contribution in [3.8, 4) is 11.3 Å². The van der Waals surface area contributed by atoms with Crippen LogP contribution in [0.2, 0.25) is 0 Å². The lowest BCUT2D eigenvalue weighted by Crippen LogP contribution is -2.17. The second kappa shape index (κ2) is 5.90. The van der Waals surface area contributed by atoms with Crippen LogP contribution in [0.4, 0.5) is 5.13 Å². The van der Waals surface area contributed by atoms with E-state index in [-0.39, 0.29) is 11.6 Å². The third-order valence-electron chi connectivity index (χ3n) is 2.44. The van der Waals surface area contributed by atoms with Crippen molar-refractivity contribution in [1.29, 1.82) is 0 Å². The number of thiazole rings is 1. The minimum absolute atomic E-state index is 0.0610. The van der Waals surface area contributed by atoms with E-state index in [0.717, 1.165) is 11.3 Å². The summed E-state index contributed by atoms with van der Waals surface area (Å²) in [5.74, 6) is -0.0560. The maximum Gasteiger partial charge on any atom is 0.235 e. The molecule has 2 rings (SSSR count). The van der Waals surface area contributed by atoms with Crippen LogP contribution < -0.4 is 4.72 Å². The Hall–Kier alpha value is -1.11. The van der Waals surface area contributed by atoms with E-state index in [4.69, 9.17) is 11.6 Å². The molecular weight excluding hydrogens is 304 g/mol. The van der Waals surface area contributed by atoms with Gasteiger partial charge in [-0.05, 0) is 6.92 Å². The quantitative estimate of drug-likeness (QED) is 0.862. The van der Waals surface area contributed by atoms with Crippen molar-refractivity contribution in [1.82, 2.24) is 4.98 Å². The van der Waals surface area contributed by atoms with Crippen LogP contribution in [0.15, 0.2) is 29.6 Å². The lowest BCUT2D eigenvalue weighted by Gasteiger charge is -2.02. The number of hydrogen-bond donors (Lipinski definition) is 1. The summed E-state index contributed by atoms with van der Waals surface area (Å²) in [7, 11) is -3.39. The number of alkyl halides is 1. The van der Waals surface area contributed by atoms with Crippen molar-refractivity contribution in [2.24, 2.45) is 0 Å². The van der Waals surface area contributed by atoms with Crippen molar-refractivity contribution in [2.75, 3.05) is 16.4 Å². The van der Waals surface area contributed by atoms with Gasteiger partial charge in [0, 0.05) is 16.8 Å². The van der Waals surface area contributed by atoms with Crippen molar-refractivity contribution in [2.45, 2.75) is 6.92 Å². The van der Waals surface area contributed by atoms with E-state index in [1.54, 1.807) is 0 Å². The molecule has 2 aromatic rings. The van der Waals surface area contributed by atoms with E-state index in [9.17, 15) is 8.42 Å². The van der Waals surface area contributed by atoms with E-state index in [2.05, 4.69) is 9.71 Å². The number of anilines is 1. The summed E-state index contributed by atoms with van der Waals surface area (Å²) in [5.41, 5.74) is 2.89. The standard InChI is InChI=1S/C12H13ClN2O2S2/c1-9-2-4-10(5-3-9)11-8-18-12(14-11)15-19(16,17)7-6-13/h2-5,8H,6-7H2,1H3,(H,14,15). The number of nitrogens with zero attached hydrogens (tertiary/aromatic N) is 1. The third kappa shape index (κ3) is 3.92. The van der Waals surface area contributed by atoms with Crippen molar-refractivity contribution >= 4 is 38.1 Å². The largest absolute Gasteiger partial charge is 0.259 e. The number of halogens is 1. The molecule has 1 aromatic carbocycles. The number of nitrogens with one attached hydrogen (secondary N) is 1. The Morgan fingerprint density at radius 1 is 1.32 bits per heavy atom. The maximum absolute atomic E-state index is 11.6. The molecule has 1 N–H and O–H groups in total. The molecule has 0 fully saturated rings.